The van der Waals surface area contributed by atoms with Crippen molar-refractivity contribution in [1.29, 1.82) is 0 Å². The van der Waals surface area contributed by atoms with Gasteiger partial charge in [-0.3, -0.25) is 4.79 Å². The molecule has 0 aliphatic rings. The molecule has 0 saturated carbocycles. The zero-order valence-electron chi connectivity index (χ0n) is 16.6. The first-order valence-electron chi connectivity index (χ1n) is 9.32. The second-order valence-electron chi connectivity index (χ2n) is 6.82. The van der Waals surface area contributed by atoms with Crippen LogP contribution in [0, 0.1) is 13.8 Å². The maximum absolute atomic E-state index is 12.4. The van der Waals surface area contributed by atoms with Crippen LogP contribution in [0.1, 0.15) is 30.8 Å². The Morgan fingerprint density at radius 2 is 1.75 bits per heavy atom. The molecule has 1 heterocycles. The molecular weight excluding hydrogens is 350 g/mol. The Labute approximate surface area is 165 Å². The minimum Gasteiger partial charge on any atom is -0.489 e. The summed E-state index contributed by atoms with van der Waals surface area (Å²) in [5.41, 5.74) is 4.43. The van der Waals surface area contributed by atoms with E-state index in [1.807, 2.05) is 87.0 Å². The van der Waals surface area contributed by atoms with Gasteiger partial charge in [0.1, 0.15) is 5.75 Å². The number of nitrogens with zero attached hydrogens (tertiary/aromatic N) is 2. The smallest absolute Gasteiger partial charge is 0.248 e. The Hall–Kier alpha value is -3.34. The highest BCUT2D eigenvalue weighted by molar-refractivity contribution is 6.02. The van der Waals surface area contributed by atoms with Crippen molar-refractivity contribution in [3.63, 3.8) is 0 Å². The molecule has 3 rings (SSSR count). The highest BCUT2D eigenvalue weighted by Gasteiger charge is 2.11. The summed E-state index contributed by atoms with van der Waals surface area (Å²) < 4.78 is 7.63. The quantitative estimate of drug-likeness (QED) is 0.622. The molecule has 5 nitrogen and oxygen atoms in total. The average molecular weight is 375 g/mol. The minimum atomic E-state index is -0.217. The monoisotopic (exact) mass is 375 g/mol. The van der Waals surface area contributed by atoms with Crippen molar-refractivity contribution in [3.8, 4) is 11.4 Å². The third kappa shape index (κ3) is 4.49. The third-order valence-corrected chi connectivity index (χ3v) is 4.26. The van der Waals surface area contributed by atoms with Crippen LogP contribution in [0.5, 0.6) is 5.75 Å². The van der Waals surface area contributed by atoms with E-state index in [1.165, 1.54) is 6.08 Å². The molecule has 0 aliphatic carbocycles. The van der Waals surface area contributed by atoms with Crippen LogP contribution in [0.15, 0.2) is 60.7 Å². The van der Waals surface area contributed by atoms with Crippen LogP contribution >= 0.6 is 0 Å². The van der Waals surface area contributed by atoms with Crippen molar-refractivity contribution in [2.75, 3.05) is 5.32 Å². The number of anilines is 1. The molecule has 0 saturated heterocycles. The molecule has 1 aromatic heterocycles. The lowest BCUT2D eigenvalue weighted by Gasteiger charge is -2.14. The Kier molecular flexibility index (Phi) is 5.94. The Bertz CT molecular complexity index is 988. The lowest BCUT2D eigenvalue weighted by atomic mass is 10.2. The lowest BCUT2D eigenvalue weighted by Crippen LogP contribution is -2.12. The highest BCUT2D eigenvalue weighted by atomic mass is 16.5. The maximum Gasteiger partial charge on any atom is 0.248 e. The van der Waals surface area contributed by atoms with E-state index >= 15 is 0 Å². The van der Waals surface area contributed by atoms with Crippen molar-refractivity contribution in [1.82, 2.24) is 9.78 Å². The van der Waals surface area contributed by atoms with Gasteiger partial charge >= 0.3 is 0 Å². The predicted molar refractivity (Wildman–Crippen MR) is 113 cm³/mol. The molecule has 0 bridgehead atoms. The number of carbonyl (C=O) groups excluding carboxylic acids is 1. The number of amides is 1. The van der Waals surface area contributed by atoms with E-state index in [1.54, 1.807) is 6.08 Å². The molecule has 1 amide bonds. The molecule has 28 heavy (non-hydrogen) atoms. The molecule has 0 unspecified atom stereocenters. The highest BCUT2D eigenvalue weighted by Crippen LogP contribution is 2.25. The van der Waals surface area contributed by atoms with Gasteiger partial charge in [0, 0.05) is 17.3 Å². The van der Waals surface area contributed by atoms with Gasteiger partial charge in [0.05, 0.1) is 23.2 Å². The van der Waals surface area contributed by atoms with Crippen molar-refractivity contribution in [2.45, 2.75) is 33.8 Å². The van der Waals surface area contributed by atoms with Crippen LogP contribution < -0.4 is 10.1 Å². The van der Waals surface area contributed by atoms with Crippen molar-refractivity contribution in [2.24, 2.45) is 0 Å². The summed E-state index contributed by atoms with van der Waals surface area (Å²) in [5.74, 6) is 0.439. The molecule has 144 valence electrons. The summed E-state index contributed by atoms with van der Waals surface area (Å²) in [4.78, 5) is 12.4. The Morgan fingerprint density at radius 3 is 2.46 bits per heavy atom. The van der Waals surface area contributed by atoms with E-state index in [2.05, 4.69) is 10.4 Å². The van der Waals surface area contributed by atoms with Crippen LogP contribution in [-0.2, 0) is 4.79 Å². The molecular formula is C23H25N3O2. The number of nitrogens with one attached hydrogen (secondary N) is 1. The number of hydrogen-bond donors (Lipinski definition) is 1. The van der Waals surface area contributed by atoms with Gasteiger partial charge < -0.3 is 10.1 Å². The van der Waals surface area contributed by atoms with Crippen LogP contribution in [0.3, 0.4) is 0 Å². The fourth-order valence-corrected chi connectivity index (χ4v) is 2.98. The summed E-state index contributed by atoms with van der Waals surface area (Å²) in [6.07, 6.45) is 3.36. The van der Waals surface area contributed by atoms with Crippen LogP contribution in [0.4, 0.5) is 5.69 Å². The first-order chi connectivity index (χ1) is 13.5. The fourth-order valence-electron chi connectivity index (χ4n) is 2.98. The molecule has 0 radical (unpaired) electrons. The molecule has 0 atom stereocenters. The number of carbonyl (C=O) groups is 1. The van der Waals surface area contributed by atoms with Gasteiger partial charge in [-0.05, 0) is 58.0 Å². The topological polar surface area (TPSA) is 56.2 Å². The van der Waals surface area contributed by atoms with Gasteiger partial charge in [-0.15, -0.1) is 0 Å². The minimum absolute atomic E-state index is 0.0303. The molecule has 2 aromatic carbocycles. The molecule has 0 spiro atoms. The number of hydrogen-bond acceptors (Lipinski definition) is 3. The van der Waals surface area contributed by atoms with E-state index in [9.17, 15) is 4.79 Å². The zero-order chi connectivity index (χ0) is 20.1. The maximum atomic E-state index is 12.4. The van der Waals surface area contributed by atoms with E-state index in [0.717, 1.165) is 22.6 Å². The Morgan fingerprint density at radius 1 is 1.07 bits per heavy atom. The van der Waals surface area contributed by atoms with E-state index in [-0.39, 0.29) is 12.0 Å². The van der Waals surface area contributed by atoms with Gasteiger partial charge in [0.2, 0.25) is 5.91 Å². The summed E-state index contributed by atoms with van der Waals surface area (Å²) in [6, 6.07) is 17.4. The second kappa shape index (κ2) is 8.57. The first kappa shape index (κ1) is 19.4. The fraction of sp³-hybridized carbons (Fsp3) is 0.217. The second-order valence-corrected chi connectivity index (χ2v) is 6.82. The van der Waals surface area contributed by atoms with Gasteiger partial charge in [-0.1, -0.05) is 30.3 Å². The van der Waals surface area contributed by atoms with Gasteiger partial charge in [0.25, 0.3) is 0 Å². The third-order valence-electron chi connectivity index (χ3n) is 4.26. The van der Waals surface area contributed by atoms with Crippen LogP contribution in [0.25, 0.3) is 11.8 Å². The average Bonchev–Trinajstić information content (AvgIpc) is 2.96. The summed E-state index contributed by atoms with van der Waals surface area (Å²) in [7, 11) is 0. The van der Waals surface area contributed by atoms with Crippen molar-refractivity contribution < 1.29 is 9.53 Å². The van der Waals surface area contributed by atoms with E-state index in [0.29, 0.717) is 11.4 Å². The number of aromatic nitrogens is 2. The number of aryl methyl sites for hydroxylation is 1. The van der Waals surface area contributed by atoms with Gasteiger partial charge in [-0.2, -0.15) is 5.10 Å². The van der Waals surface area contributed by atoms with E-state index in [4.69, 9.17) is 4.74 Å². The van der Waals surface area contributed by atoms with Gasteiger partial charge in [-0.25, -0.2) is 4.68 Å². The molecule has 1 N–H and O–H groups in total. The molecule has 0 aliphatic heterocycles. The molecule has 5 heteroatoms. The number of benzene rings is 2. The number of ether oxygens (including phenoxy) is 1. The molecule has 0 fully saturated rings. The summed E-state index contributed by atoms with van der Waals surface area (Å²) in [5, 5.41) is 7.49. The summed E-state index contributed by atoms with van der Waals surface area (Å²) >= 11 is 0. The standard InChI is InChI=1S/C23H25N3O2/c1-16(2)28-22-13-9-8-12-21(22)24-23(27)15-14-20-17(3)25-26(18(20)4)19-10-6-5-7-11-19/h5-16H,1-4H3,(H,24,27)/b15-14+. The zero-order valence-corrected chi connectivity index (χ0v) is 16.6. The SMILES string of the molecule is Cc1nn(-c2ccccc2)c(C)c1/C=C/C(=O)Nc1ccccc1OC(C)C. The van der Waals surface area contributed by atoms with Gasteiger partial charge in [0.15, 0.2) is 0 Å². The number of rotatable bonds is 6. The predicted octanol–water partition coefficient (Wildman–Crippen LogP) is 4.93. The van der Waals surface area contributed by atoms with Crippen molar-refractivity contribution in [3.05, 3.63) is 77.6 Å². The molecule has 3 aromatic rings. The number of para-hydroxylation sites is 3. The first-order valence-corrected chi connectivity index (χ1v) is 9.32. The Balaban J connectivity index is 1.78. The van der Waals surface area contributed by atoms with Crippen molar-refractivity contribution >= 4 is 17.7 Å². The normalized spacial score (nSPS) is 11.2. The summed E-state index contributed by atoms with van der Waals surface area (Å²) in [6.45, 7) is 7.84. The largest absolute Gasteiger partial charge is 0.489 e. The van der Waals surface area contributed by atoms with E-state index < -0.39 is 0 Å². The van der Waals surface area contributed by atoms with Crippen LogP contribution in [0.2, 0.25) is 0 Å². The lowest BCUT2D eigenvalue weighted by molar-refractivity contribution is -0.111. The van der Waals surface area contributed by atoms with Crippen LogP contribution in [-0.4, -0.2) is 21.8 Å².